The van der Waals surface area contributed by atoms with E-state index < -0.39 is 17.4 Å². The second-order valence-electron chi connectivity index (χ2n) is 18.4. The lowest BCUT2D eigenvalue weighted by Gasteiger charge is -2.65. The smallest absolute Gasteiger partial charge is 0.256 e. The van der Waals surface area contributed by atoms with Gasteiger partial charge in [0.2, 0.25) is 17.7 Å². The van der Waals surface area contributed by atoms with Gasteiger partial charge in [-0.05, 0) is 49.4 Å². The summed E-state index contributed by atoms with van der Waals surface area (Å²) in [6.07, 6.45) is 1.13. The highest BCUT2D eigenvalue weighted by molar-refractivity contribution is 6.31. The number of nitrogens with one attached hydrogen (secondary N) is 2. The monoisotopic (exact) mass is 783 g/mol. The molecule has 7 rings (SSSR count). The fraction of sp³-hybridized carbons (Fsp3) is 0.581. The summed E-state index contributed by atoms with van der Waals surface area (Å²) < 4.78 is 6.48. The third-order valence-electron chi connectivity index (χ3n) is 13.7. The van der Waals surface area contributed by atoms with E-state index in [0.717, 1.165) is 50.5 Å². The molecule has 4 atom stereocenters. The molecule has 1 saturated carbocycles. The maximum Gasteiger partial charge on any atom is 0.256 e. The van der Waals surface area contributed by atoms with E-state index in [4.69, 9.17) is 21.3 Å². The van der Waals surface area contributed by atoms with E-state index >= 15 is 0 Å². The van der Waals surface area contributed by atoms with Crippen molar-refractivity contribution in [1.29, 1.82) is 5.26 Å². The quantitative estimate of drug-likeness (QED) is 0.244. The summed E-state index contributed by atoms with van der Waals surface area (Å²) in [7, 11) is 0. The molecule has 3 unspecified atom stereocenters. The van der Waals surface area contributed by atoms with Crippen LogP contribution in [0.25, 0.3) is 0 Å². The minimum Gasteiger partial charge on any atom is -0.489 e. The molecule has 13 heteroatoms. The van der Waals surface area contributed by atoms with Crippen molar-refractivity contribution in [2.45, 2.75) is 98.5 Å². The molecule has 1 aromatic heterocycles. The predicted octanol–water partition coefficient (Wildman–Crippen LogP) is 4.74. The number of aromatic nitrogens is 1. The number of rotatable bonds is 11. The van der Waals surface area contributed by atoms with Crippen molar-refractivity contribution in [3.05, 3.63) is 70.0 Å². The predicted molar refractivity (Wildman–Crippen MR) is 211 cm³/mol. The van der Waals surface area contributed by atoms with Crippen LogP contribution in [0, 0.1) is 39.4 Å². The van der Waals surface area contributed by atoms with E-state index in [0.29, 0.717) is 52.3 Å². The topological polar surface area (TPSA) is 148 Å². The number of amides is 4. The van der Waals surface area contributed by atoms with E-state index in [1.54, 1.807) is 18.2 Å². The maximum atomic E-state index is 13.8. The van der Waals surface area contributed by atoms with Gasteiger partial charge in [0.25, 0.3) is 5.91 Å². The lowest BCUT2D eigenvalue weighted by molar-refractivity contribution is -0.199. The van der Waals surface area contributed by atoms with Crippen molar-refractivity contribution in [3.63, 3.8) is 0 Å². The van der Waals surface area contributed by atoms with Gasteiger partial charge in [0.05, 0.1) is 28.4 Å². The molecule has 12 nitrogen and oxygen atoms in total. The van der Waals surface area contributed by atoms with E-state index in [-0.39, 0.29) is 53.2 Å². The number of carbonyl (C=O) groups is 4. The Bertz CT molecular complexity index is 1990. The summed E-state index contributed by atoms with van der Waals surface area (Å²) in [5, 5.41) is 14.7. The number of benzene rings is 1. The van der Waals surface area contributed by atoms with Crippen molar-refractivity contribution >= 4 is 35.2 Å². The van der Waals surface area contributed by atoms with Gasteiger partial charge >= 0.3 is 0 Å². The summed E-state index contributed by atoms with van der Waals surface area (Å²) in [4.78, 5) is 62.7. The van der Waals surface area contributed by atoms with Crippen LogP contribution in [0.2, 0.25) is 5.02 Å². The van der Waals surface area contributed by atoms with Crippen LogP contribution in [0.1, 0.15) is 88.6 Å². The van der Waals surface area contributed by atoms with Crippen LogP contribution in [0.4, 0.5) is 0 Å². The van der Waals surface area contributed by atoms with Gasteiger partial charge in [0.1, 0.15) is 24.0 Å². The third-order valence-corrected chi connectivity index (χ3v) is 14.0. The molecule has 4 amide bonds. The zero-order chi connectivity index (χ0) is 40.5. The van der Waals surface area contributed by atoms with Crippen LogP contribution >= 0.6 is 11.6 Å². The van der Waals surface area contributed by atoms with Gasteiger partial charge in [0.15, 0.2) is 0 Å². The number of imide groups is 1. The third kappa shape index (κ3) is 7.00. The van der Waals surface area contributed by atoms with Crippen LogP contribution in [0.15, 0.2) is 42.5 Å². The second kappa shape index (κ2) is 14.6. The number of nitriles is 1. The Morgan fingerprint density at radius 1 is 1.11 bits per heavy atom. The number of carbonyl (C=O) groups excluding carboxylic acids is 4. The number of halogens is 1. The molecule has 5 heterocycles. The van der Waals surface area contributed by atoms with Crippen LogP contribution in [0.5, 0.6) is 5.75 Å². The Labute approximate surface area is 335 Å². The molecule has 4 fully saturated rings. The number of pyridine rings is 1. The maximum absolute atomic E-state index is 13.8. The molecule has 0 radical (unpaired) electrons. The highest BCUT2D eigenvalue weighted by Crippen LogP contribution is 2.59. The van der Waals surface area contributed by atoms with Gasteiger partial charge in [0, 0.05) is 91.2 Å². The molecular formula is C43H54ClN7O5. The highest BCUT2D eigenvalue weighted by Gasteiger charge is 2.67. The number of likely N-dealkylation sites (tertiary alicyclic amines) is 2. The Morgan fingerprint density at radius 2 is 1.79 bits per heavy atom. The number of piperidine rings is 1. The van der Waals surface area contributed by atoms with Crippen molar-refractivity contribution in [2.24, 2.45) is 28.1 Å². The fourth-order valence-corrected chi connectivity index (χ4v) is 10.8. The lowest BCUT2D eigenvalue weighted by atomic mass is 9.49. The van der Waals surface area contributed by atoms with Crippen molar-refractivity contribution in [3.8, 4) is 11.8 Å². The van der Waals surface area contributed by atoms with Gasteiger partial charge in [-0.3, -0.25) is 34.4 Å². The van der Waals surface area contributed by atoms with Crippen molar-refractivity contribution in [2.75, 3.05) is 32.7 Å². The molecule has 1 aliphatic carbocycles. The minimum absolute atomic E-state index is 0.0120. The number of fused-ring (bicyclic) bond motifs is 2. The van der Waals surface area contributed by atoms with E-state index in [1.165, 1.54) is 0 Å². The summed E-state index contributed by atoms with van der Waals surface area (Å²) in [5.74, 6) is 0.562. The molecule has 5 aliphatic rings. The molecule has 0 spiro atoms. The number of nitrogens with zero attached hydrogens (tertiary/aromatic N) is 5. The normalized spacial score (nSPS) is 27.5. The van der Waals surface area contributed by atoms with Crippen LogP contribution in [-0.4, -0.2) is 100 Å². The molecule has 2 aromatic rings. The Hall–Kier alpha value is -4.31. The molecule has 3 saturated heterocycles. The molecule has 2 N–H and O–H groups in total. The standard InChI is InChI=1S/C43H54ClN7O5/c1-24(36(53)47-33-13-14-35(52)48-37(33)54)41(3,4)25(2)50-21-27-19-49(20-28(27)22-50)16-15-29-10-12-31-34(46-29)23-51(38(31)55)39-42(5,6)40(43(39,7)8)56-30-11-9-26(18-45)32(44)17-30/h9-12,17,25,27-28,33,39-40H,1,13-16,19-23H2,2-8H3,(H,47,53)(H,48,52,54)/t25-,27?,28?,33?,39-,40-/m1/s1. The summed E-state index contributed by atoms with van der Waals surface area (Å²) >= 11 is 6.29. The SMILES string of the molecule is C=C(C(=O)NC1CCC(=O)NC1=O)C(C)(C)[C@@H](C)N1CC2CN(CCc3ccc4c(n3)CN([C@H]3C(C)(C)[C@H](Oc5ccc(C#N)c(Cl)c5)C3(C)C)C4=O)CC2C1. The minimum atomic E-state index is -0.728. The molecule has 56 heavy (non-hydrogen) atoms. The zero-order valence-corrected chi connectivity index (χ0v) is 34.3. The molecular weight excluding hydrogens is 730 g/mol. The molecule has 1 aromatic carbocycles. The summed E-state index contributed by atoms with van der Waals surface area (Å²) in [5.41, 5.74) is 2.12. The number of ether oxygens (including phenoxy) is 1. The number of hydrogen-bond acceptors (Lipinski definition) is 9. The first kappa shape index (κ1) is 39.9. The molecule has 298 valence electrons. The average molecular weight is 784 g/mol. The van der Waals surface area contributed by atoms with Gasteiger partial charge in [-0.25, -0.2) is 0 Å². The first-order valence-electron chi connectivity index (χ1n) is 19.8. The zero-order valence-electron chi connectivity index (χ0n) is 33.6. The number of hydrogen-bond donors (Lipinski definition) is 2. The summed E-state index contributed by atoms with van der Waals surface area (Å²) in [6.45, 7) is 24.2. The van der Waals surface area contributed by atoms with E-state index in [9.17, 15) is 24.4 Å². The van der Waals surface area contributed by atoms with Crippen LogP contribution < -0.4 is 15.4 Å². The van der Waals surface area contributed by atoms with E-state index in [2.05, 4.69) is 67.7 Å². The second-order valence-corrected chi connectivity index (χ2v) is 18.8. The molecule has 0 bridgehead atoms. The first-order valence-corrected chi connectivity index (χ1v) is 20.2. The van der Waals surface area contributed by atoms with Gasteiger partial charge in [-0.15, -0.1) is 0 Å². The largest absolute Gasteiger partial charge is 0.489 e. The van der Waals surface area contributed by atoms with Gasteiger partial charge < -0.3 is 19.9 Å². The Morgan fingerprint density at radius 3 is 2.41 bits per heavy atom. The van der Waals surface area contributed by atoms with Crippen LogP contribution in [0.3, 0.4) is 0 Å². The van der Waals surface area contributed by atoms with E-state index in [1.807, 2.05) is 30.9 Å². The lowest BCUT2D eigenvalue weighted by Crippen LogP contribution is -2.74. The Kier molecular flexibility index (Phi) is 10.4. The van der Waals surface area contributed by atoms with Gasteiger partial charge in [-0.2, -0.15) is 5.26 Å². The molecule has 4 aliphatic heterocycles. The Balaban J connectivity index is 0.905. The first-order chi connectivity index (χ1) is 26.3. The highest BCUT2D eigenvalue weighted by atomic mass is 35.5. The van der Waals surface area contributed by atoms with Crippen LogP contribution in [-0.2, 0) is 27.3 Å². The van der Waals surface area contributed by atoms with Gasteiger partial charge in [-0.1, -0.05) is 59.7 Å². The summed E-state index contributed by atoms with van der Waals surface area (Å²) in [6, 6.07) is 10.4. The van der Waals surface area contributed by atoms with Crippen molar-refractivity contribution < 1.29 is 23.9 Å². The van der Waals surface area contributed by atoms with Crippen molar-refractivity contribution in [1.82, 2.24) is 30.3 Å². The fourth-order valence-electron chi connectivity index (χ4n) is 10.6. The average Bonchev–Trinajstić information content (AvgIpc) is 3.81.